The van der Waals surface area contributed by atoms with Crippen molar-refractivity contribution in [2.45, 2.75) is 13.1 Å². The summed E-state index contributed by atoms with van der Waals surface area (Å²) >= 11 is 29.8. The number of thiocarbonyl (C=S) groups is 1. The third-order valence-corrected chi connectivity index (χ3v) is 5.85. The molecule has 6 nitrogen and oxygen atoms in total. The third-order valence-electron chi connectivity index (χ3n) is 4.47. The molecular weight excluding hydrogens is 510 g/mol. The van der Waals surface area contributed by atoms with Crippen molar-refractivity contribution in [3.05, 3.63) is 92.3 Å². The molecule has 0 amide bonds. The van der Waals surface area contributed by atoms with E-state index in [1.54, 1.807) is 39.8 Å². The van der Waals surface area contributed by atoms with E-state index < -0.39 is 0 Å². The van der Waals surface area contributed by atoms with E-state index >= 15 is 0 Å². The molecule has 0 saturated carbocycles. The van der Waals surface area contributed by atoms with Crippen molar-refractivity contribution in [3.8, 4) is 0 Å². The van der Waals surface area contributed by atoms with E-state index in [1.807, 2.05) is 30.6 Å². The van der Waals surface area contributed by atoms with E-state index in [0.717, 1.165) is 16.8 Å². The van der Waals surface area contributed by atoms with Crippen LogP contribution in [0.25, 0.3) is 0 Å². The summed E-state index contributed by atoms with van der Waals surface area (Å²) < 4.78 is 3.51. The minimum Gasteiger partial charge on any atom is -0.330 e. The largest absolute Gasteiger partial charge is 0.330 e. The molecule has 2 heterocycles. The number of hydrogen-bond acceptors (Lipinski definition) is 3. The average molecular weight is 526 g/mol. The van der Waals surface area contributed by atoms with Gasteiger partial charge in [0.15, 0.2) is 10.9 Å². The molecule has 0 spiro atoms. The van der Waals surface area contributed by atoms with Gasteiger partial charge in [0.1, 0.15) is 0 Å². The molecular formula is C21H16Cl4N6S. The van der Waals surface area contributed by atoms with Crippen LogP contribution in [-0.4, -0.2) is 24.7 Å². The summed E-state index contributed by atoms with van der Waals surface area (Å²) in [6.07, 6.45) is 5.35. The van der Waals surface area contributed by atoms with E-state index in [9.17, 15) is 0 Å². The highest BCUT2D eigenvalue weighted by Crippen LogP contribution is 2.23. The Morgan fingerprint density at radius 3 is 2.09 bits per heavy atom. The van der Waals surface area contributed by atoms with Gasteiger partial charge in [-0.3, -0.25) is 9.36 Å². The Morgan fingerprint density at radius 2 is 1.47 bits per heavy atom. The normalized spacial score (nSPS) is 10.9. The predicted molar refractivity (Wildman–Crippen MR) is 135 cm³/mol. The fourth-order valence-electron chi connectivity index (χ4n) is 2.96. The molecule has 2 N–H and O–H groups in total. The summed E-state index contributed by atoms with van der Waals surface area (Å²) in [7, 11) is 0. The van der Waals surface area contributed by atoms with Crippen molar-refractivity contribution in [2.75, 3.05) is 10.6 Å². The zero-order valence-electron chi connectivity index (χ0n) is 16.4. The first-order valence-corrected chi connectivity index (χ1v) is 11.3. The molecule has 2 aromatic heterocycles. The van der Waals surface area contributed by atoms with Gasteiger partial charge in [0.05, 0.1) is 25.0 Å². The van der Waals surface area contributed by atoms with Crippen LogP contribution in [0.15, 0.2) is 61.1 Å². The first kappa shape index (κ1) is 22.9. The van der Waals surface area contributed by atoms with Crippen LogP contribution in [0.3, 0.4) is 0 Å². The van der Waals surface area contributed by atoms with Gasteiger partial charge in [-0.15, -0.1) is 0 Å². The molecule has 0 fully saturated rings. The Bertz CT molecular complexity index is 1170. The highest BCUT2D eigenvalue weighted by Gasteiger charge is 2.08. The molecule has 32 heavy (non-hydrogen) atoms. The van der Waals surface area contributed by atoms with Gasteiger partial charge in [-0.2, -0.15) is 10.2 Å². The Balaban J connectivity index is 1.33. The van der Waals surface area contributed by atoms with Crippen LogP contribution in [0.5, 0.6) is 0 Å². The Labute approximate surface area is 210 Å². The monoisotopic (exact) mass is 524 g/mol. The Kier molecular flexibility index (Phi) is 7.23. The molecule has 4 rings (SSSR count). The molecule has 0 bridgehead atoms. The fourth-order valence-corrected chi connectivity index (χ4v) is 4.12. The van der Waals surface area contributed by atoms with Crippen molar-refractivity contribution in [2.24, 2.45) is 0 Å². The van der Waals surface area contributed by atoms with Crippen molar-refractivity contribution >= 4 is 75.2 Å². The summed E-state index contributed by atoms with van der Waals surface area (Å²) in [6.45, 7) is 1.02. The van der Waals surface area contributed by atoms with Gasteiger partial charge in [-0.1, -0.05) is 58.5 Å². The van der Waals surface area contributed by atoms with Crippen LogP contribution in [-0.2, 0) is 13.1 Å². The van der Waals surface area contributed by atoms with Crippen molar-refractivity contribution < 1.29 is 0 Å². The second-order valence-corrected chi connectivity index (χ2v) is 8.97. The summed E-state index contributed by atoms with van der Waals surface area (Å²) in [4.78, 5) is 0. The third kappa shape index (κ3) is 5.94. The molecule has 11 heteroatoms. The summed E-state index contributed by atoms with van der Waals surface area (Å²) in [5.41, 5.74) is 2.57. The van der Waals surface area contributed by atoms with Crippen LogP contribution in [0.1, 0.15) is 11.1 Å². The standard InChI is InChI=1S/C21H16Cl4N6S/c22-15-3-1-13(18(24)7-15)10-30-6-5-20(29-30)28-21(32)27-17-9-26-31(12-17)11-14-2-4-16(23)8-19(14)25/h1-9,12H,10-11H2,(H2,27,28,29,32). The van der Waals surface area contributed by atoms with Crippen molar-refractivity contribution in [3.63, 3.8) is 0 Å². The molecule has 0 aliphatic heterocycles. The highest BCUT2D eigenvalue weighted by molar-refractivity contribution is 7.80. The SMILES string of the molecule is S=C(Nc1cnn(Cc2ccc(Cl)cc2Cl)c1)Nc1ccn(Cc2ccc(Cl)cc2Cl)n1. The Morgan fingerprint density at radius 1 is 0.844 bits per heavy atom. The molecule has 0 aliphatic rings. The van der Waals surface area contributed by atoms with Crippen LogP contribution >= 0.6 is 58.6 Å². The van der Waals surface area contributed by atoms with Crippen molar-refractivity contribution in [1.29, 1.82) is 0 Å². The number of rotatable bonds is 6. The number of benzene rings is 2. The predicted octanol–water partition coefficient (Wildman–Crippen LogP) is 6.60. The zero-order valence-corrected chi connectivity index (χ0v) is 20.2. The minimum atomic E-state index is 0.392. The number of nitrogens with zero attached hydrogens (tertiary/aromatic N) is 4. The highest BCUT2D eigenvalue weighted by atomic mass is 35.5. The zero-order chi connectivity index (χ0) is 22.7. The van der Waals surface area contributed by atoms with Crippen molar-refractivity contribution in [1.82, 2.24) is 19.6 Å². The fraction of sp³-hybridized carbons (Fsp3) is 0.0952. The lowest BCUT2D eigenvalue weighted by atomic mass is 10.2. The van der Waals surface area contributed by atoms with Gasteiger partial charge in [-0.05, 0) is 47.6 Å². The average Bonchev–Trinajstić information content (AvgIpc) is 3.35. The summed E-state index contributed by atoms with van der Waals surface area (Å²) in [5.74, 6) is 0.605. The quantitative estimate of drug-likeness (QED) is 0.278. The van der Waals surface area contributed by atoms with Gasteiger partial charge in [0, 0.05) is 38.6 Å². The van der Waals surface area contributed by atoms with E-state index in [0.29, 0.717) is 44.1 Å². The molecule has 2 aromatic carbocycles. The van der Waals surface area contributed by atoms with E-state index in [4.69, 9.17) is 58.6 Å². The van der Waals surface area contributed by atoms with Gasteiger partial charge < -0.3 is 10.6 Å². The smallest absolute Gasteiger partial charge is 0.176 e. The molecule has 0 unspecified atom stereocenters. The number of halogens is 4. The summed E-state index contributed by atoms with van der Waals surface area (Å²) in [5, 5.41) is 17.7. The van der Waals surface area contributed by atoms with Gasteiger partial charge >= 0.3 is 0 Å². The first-order valence-electron chi connectivity index (χ1n) is 9.37. The van der Waals surface area contributed by atoms with Crippen LogP contribution in [0.4, 0.5) is 11.5 Å². The maximum atomic E-state index is 6.24. The van der Waals surface area contributed by atoms with E-state index in [1.165, 1.54) is 0 Å². The van der Waals surface area contributed by atoms with Gasteiger partial charge in [0.2, 0.25) is 0 Å². The lowest BCUT2D eigenvalue weighted by Gasteiger charge is -2.07. The van der Waals surface area contributed by atoms with Crippen LogP contribution in [0, 0.1) is 0 Å². The molecule has 4 aromatic rings. The lowest BCUT2D eigenvalue weighted by Crippen LogP contribution is -2.19. The molecule has 0 atom stereocenters. The second-order valence-electron chi connectivity index (χ2n) is 6.88. The number of hydrogen-bond donors (Lipinski definition) is 2. The number of anilines is 2. The number of aromatic nitrogens is 4. The molecule has 0 radical (unpaired) electrons. The topological polar surface area (TPSA) is 59.7 Å². The maximum Gasteiger partial charge on any atom is 0.176 e. The molecule has 0 saturated heterocycles. The first-order chi connectivity index (χ1) is 15.4. The van der Waals surface area contributed by atoms with Crippen LogP contribution < -0.4 is 10.6 Å². The summed E-state index contributed by atoms with van der Waals surface area (Å²) in [6, 6.07) is 12.6. The van der Waals surface area contributed by atoms with Gasteiger partial charge in [0.25, 0.3) is 0 Å². The van der Waals surface area contributed by atoms with E-state index in [2.05, 4.69) is 20.8 Å². The minimum absolute atomic E-state index is 0.392. The van der Waals surface area contributed by atoms with Gasteiger partial charge in [-0.25, -0.2) is 0 Å². The molecule has 164 valence electrons. The number of nitrogens with one attached hydrogen (secondary N) is 2. The lowest BCUT2D eigenvalue weighted by molar-refractivity contribution is 0.687. The Hall–Kier alpha value is -2.29. The van der Waals surface area contributed by atoms with Crippen LogP contribution in [0.2, 0.25) is 20.1 Å². The van der Waals surface area contributed by atoms with E-state index in [-0.39, 0.29) is 0 Å². The molecule has 0 aliphatic carbocycles. The maximum absolute atomic E-state index is 6.24. The second kappa shape index (κ2) is 10.1.